The van der Waals surface area contributed by atoms with E-state index < -0.39 is 17.6 Å². The summed E-state index contributed by atoms with van der Waals surface area (Å²) >= 11 is 6.31. The fraction of sp³-hybridized carbons (Fsp3) is 0.489. The van der Waals surface area contributed by atoms with E-state index in [2.05, 4.69) is 78.0 Å². The second-order valence-corrected chi connectivity index (χ2v) is 17.2. The van der Waals surface area contributed by atoms with Crippen LogP contribution in [0.15, 0.2) is 85.1 Å². The number of rotatable bonds is 16. The minimum absolute atomic E-state index is 0.191. The number of hydrogen-bond donors (Lipinski definition) is 4. The quantitative estimate of drug-likeness (QED) is 0.0843. The zero-order valence-electron chi connectivity index (χ0n) is 32.5. The molecule has 7 nitrogen and oxygen atoms in total. The molecule has 0 aliphatic heterocycles. The fourth-order valence-corrected chi connectivity index (χ4v) is 10.1. The number of aryl methyl sites for hydroxylation is 2. The highest BCUT2D eigenvalue weighted by atomic mass is 35.5. The number of halogens is 1. The van der Waals surface area contributed by atoms with Crippen molar-refractivity contribution < 1.29 is 19.7 Å². The molecule has 1 spiro atoms. The molecule has 1 saturated carbocycles. The average Bonchev–Trinajstić information content (AvgIpc) is 3.47. The molecule has 4 atom stereocenters. The van der Waals surface area contributed by atoms with Gasteiger partial charge in [-0.3, -0.25) is 4.98 Å². The van der Waals surface area contributed by atoms with Crippen molar-refractivity contribution in [2.24, 2.45) is 11.8 Å². The summed E-state index contributed by atoms with van der Waals surface area (Å²) in [6.45, 7) is 6.56. The van der Waals surface area contributed by atoms with Gasteiger partial charge in [-0.05, 0) is 153 Å². The highest BCUT2D eigenvalue weighted by Gasteiger charge is 2.54. The standard InChI is InChI=1S/C47H58ClN3O4/c1-32(31-55-43-19-25-50-41-16-8-10-33(2)44(41)43)26-37-27-35-17-18-36(42(52)30-49-24-7-6-13-34-11-4-3-5-12-34)28-40(35)46(37)20-22-47(23-21-46,45(53)54)51-39-15-9-14-38(48)29-39/h3-5,9,11-12,14-15,17-19,25,28-29,32-33,37,42,49,51-52H,6-8,10,13,16,20-24,26-27,30-31H2,1-2H3,(H,53,54)/t32-,33-,37+,42?,46?,47?/m1/s1. The van der Waals surface area contributed by atoms with Crippen molar-refractivity contribution in [1.29, 1.82) is 0 Å². The normalized spacial score (nSPS) is 24.1. The van der Waals surface area contributed by atoms with Gasteiger partial charge in [0.25, 0.3) is 0 Å². The highest BCUT2D eigenvalue weighted by Crippen LogP contribution is 2.56. The van der Waals surface area contributed by atoms with Crippen molar-refractivity contribution in [2.45, 2.75) is 114 Å². The van der Waals surface area contributed by atoms with E-state index in [4.69, 9.17) is 16.3 Å². The summed E-state index contributed by atoms with van der Waals surface area (Å²) in [5.41, 5.74) is 6.82. The lowest BCUT2D eigenvalue weighted by Crippen LogP contribution is -2.53. The number of nitrogens with zero attached hydrogens (tertiary/aromatic N) is 1. The molecule has 0 amide bonds. The molecule has 1 unspecified atom stereocenters. The van der Waals surface area contributed by atoms with Crippen molar-refractivity contribution in [3.05, 3.63) is 124 Å². The first kappa shape index (κ1) is 39.3. The number of fused-ring (bicyclic) bond motifs is 3. The van der Waals surface area contributed by atoms with Crippen LogP contribution in [0.5, 0.6) is 5.75 Å². The Kier molecular flexibility index (Phi) is 12.5. The van der Waals surface area contributed by atoms with Crippen molar-refractivity contribution in [2.75, 3.05) is 25.0 Å². The van der Waals surface area contributed by atoms with E-state index in [1.807, 2.05) is 24.4 Å². The Hall–Kier alpha value is -3.91. The Morgan fingerprint density at radius 3 is 2.62 bits per heavy atom. The number of aliphatic carboxylic acids is 1. The lowest BCUT2D eigenvalue weighted by molar-refractivity contribution is -0.144. The predicted molar refractivity (Wildman–Crippen MR) is 221 cm³/mol. The number of carboxylic acids is 1. The molecule has 1 fully saturated rings. The zero-order valence-corrected chi connectivity index (χ0v) is 33.3. The minimum Gasteiger partial charge on any atom is -0.493 e. The van der Waals surface area contributed by atoms with Gasteiger partial charge in [0.1, 0.15) is 11.3 Å². The van der Waals surface area contributed by atoms with Gasteiger partial charge in [0.05, 0.1) is 12.7 Å². The van der Waals surface area contributed by atoms with Gasteiger partial charge in [-0.1, -0.05) is 80.0 Å². The Morgan fingerprint density at radius 1 is 1.02 bits per heavy atom. The molecule has 4 N–H and O–H groups in total. The molecule has 1 aromatic heterocycles. The van der Waals surface area contributed by atoms with Gasteiger partial charge in [0, 0.05) is 34.7 Å². The second-order valence-electron chi connectivity index (χ2n) is 16.8. The molecule has 3 aliphatic carbocycles. The van der Waals surface area contributed by atoms with Crippen molar-refractivity contribution in [3.63, 3.8) is 0 Å². The number of ether oxygens (including phenoxy) is 1. The molecule has 292 valence electrons. The van der Waals surface area contributed by atoms with E-state index in [1.54, 1.807) is 12.1 Å². The smallest absolute Gasteiger partial charge is 0.329 e. The van der Waals surface area contributed by atoms with Crippen LogP contribution in [0.25, 0.3) is 0 Å². The van der Waals surface area contributed by atoms with Crippen LogP contribution in [0.4, 0.5) is 5.69 Å². The van der Waals surface area contributed by atoms with Crippen molar-refractivity contribution in [1.82, 2.24) is 10.3 Å². The van der Waals surface area contributed by atoms with E-state index in [0.29, 0.717) is 48.8 Å². The summed E-state index contributed by atoms with van der Waals surface area (Å²) in [5, 5.41) is 29.6. The molecule has 0 saturated heterocycles. The van der Waals surface area contributed by atoms with Gasteiger partial charge >= 0.3 is 5.97 Å². The summed E-state index contributed by atoms with van der Waals surface area (Å²) in [6, 6.07) is 26.5. The lowest BCUT2D eigenvalue weighted by Gasteiger charge is -2.47. The van der Waals surface area contributed by atoms with Gasteiger partial charge in [-0.2, -0.15) is 0 Å². The van der Waals surface area contributed by atoms with Crippen LogP contribution in [-0.2, 0) is 29.5 Å². The average molecular weight is 764 g/mol. The molecule has 3 aromatic carbocycles. The number of unbranched alkanes of at least 4 members (excludes halogenated alkanes) is 1. The zero-order chi connectivity index (χ0) is 38.4. The summed E-state index contributed by atoms with van der Waals surface area (Å²) in [7, 11) is 0. The van der Waals surface area contributed by atoms with Crippen LogP contribution < -0.4 is 15.4 Å². The number of benzene rings is 3. The second kappa shape index (κ2) is 17.5. The molecular formula is C47H58ClN3O4. The van der Waals surface area contributed by atoms with Crippen LogP contribution in [-0.4, -0.2) is 46.4 Å². The van der Waals surface area contributed by atoms with E-state index in [1.165, 1.54) is 40.8 Å². The maximum absolute atomic E-state index is 13.0. The Labute approximate surface area is 332 Å². The molecular weight excluding hydrogens is 706 g/mol. The summed E-state index contributed by atoms with van der Waals surface area (Å²) in [5.74, 6) is 1.23. The van der Waals surface area contributed by atoms with Gasteiger partial charge < -0.3 is 25.6 Å². The summed E-state index contributed by atoms with van der Waals surface area (Å²) in [6.07, 6.45) is 12.2. The number of aromatic nitrogens is 1. The number of anilines is 1. The van der Waals surface area contributed by atoms with Crippen LogP contribution in [0.2, 0.25) is 5.02 Å². The molecule has 8 heteroatoms. The number of carboxylic acid groups (broad SMARTS) is 1. The van der Waals surface area contributed by atoms with E-state index in [-0.39, 0.29) is 5.41 Å². The Balaban J connectivity index is 1.06. The molecule has 3 aliphatic rings. The molecule has 4 aromatic rings. The first-order valence-electron chi connectivity index (χ1n) is 20.6. The van der Waals surface area contributed by atoms with Crippen LogP contribution in [0.1, 0.15) is 117 Å². The summed E-state index contributed by atoms with van der Waals surface area (Å²) < 4.78 is 6.60. The maximum atomic E-state index is 13.0. The Morgan fingerprint density at radius 2 is 1.84 bits per heavy atom. The number of carbonyl (C=O) groups is 1. The minimum atomic E-state index is -1.09. The molecule has 7 rings (SSSR count). The van der Waals surface area contributed by atoms with Gasteiger partial charge in [0.15, 0.2) is 0 Å². The van der Waals surface area contributed by atoms with Crippen molar-refractivity contribution in [3.8, 4) is 5.75 Å². The van der Waals surface area contributed by atoms with Crippen LogP contribution in [0, 0.1) is 11.8 Å². The number of hydrogen-bond acceptors (Lipinski definition) is 6. The predicted octanol–water partition coefficient (Wildman–Crippen LogP) is 9.85. The van der Waals surface area contributed by atoms with Crippen LogP contribution >= 0.6 is 11.6 Å². The fourth-order valence-electron chi connectivity index (χ4n) is 9.90. The molecule has 1 heterocycles. The largest absolute Gasteiger partial charge is 0.493 e. The Bertz CT molecular complexity index is 1910. The first-order chi connectivity index (χ1) is 26.7. The number of aliphatic hydroxyl groups excluding tert-OH is 1. The number of nitrogens with one attached hydrogen (secondary N) is 2. The monoisotopic (exact) mass is 763 g/mol. The number of pyridine rings is 1. The molecule has 0 bridgehead atoms. The van der Waals surface area contributed by atoms with E-state index >= 15 is 0 Å². The van der Waals surface area contributed by atoms with Gasteiger partial charge in [0.2, 0.25) is 0 Å². The maximum Gasteiger partial charge on any atom is 0.329 e. The first-order valence-corrected chi connectivity index (χ1v) is 21.0. The summed E-state index contributed by atoms with van der Waals surface area (Å²) in [4.78, 5) is 17.7. The van der Waals surface area contributed by atoms with E-state index in [9.17, 15) is 15.0 Å². The molecule has 0 radical (unpaired) electrons. The third-order valence-electron chi connectivity index (χ3n) is 13.0. The SMILES string of the molecule is C[C@@H](COc1ccnc2c1[C@H](C)CCC2)C[C@H]1Cc2ccc(C(O)CNCCCCc3ccccc3)cc2C12CCC(Nc1cccc(Cl)c1)(C(=O)O)CC2. The van der Waals surface area contributed by atoms with Crippen molar-refractivity contribution >= 4 is 23.3 Å². The van der Waals surface area contributed by atoms with Crippen LogP contribution in [0.3, 0.4) is 0 Å². The highest BCUT2D eigenvalue weighted by molar-refractivity contribution is 6.30. The van der Waals surface area contributed by atoms with Gasteiger partial charge in [-0.25, -0.2) is 4.79 Å². The third kappa shape index (κ3) is 8.90. The lowest BCUT2D eigenvalue weighted by atomic mass is 9.59. The van der Waals surface area contributed by atoms with E-state index in [0.717, 1.165) is 74.9 Å². The van der Waals surface area contributed by atoms with Gasteiger partial charge in [-0.15, -0.1) is 0 Å². The number of aliphatic hydroxyl groups is 1. The molecule has 55 heavy (non-hydrogen) atoms. The third-order valence-corrected chi connectivity index (χ3v) is 13.2. The topological polar surface area (TPSA) is 104 Å².